The summed E-state index contributed by atoms with van der Waals surface area (Å²) in [6, 6.07) is 13.1. The first-order valence-electron chi connectivity index (χ1n) is 8.59. The summed E-state index contributed by atoms with van der Waals surface area (Å²) in [5.41, 5.74) is 2.81. The van der Waals surface area contributed by atoms with E-state index in [-0.39, 0.29) is 11.3 Å². The first kappa shape index (κ1) is 19.1. The maximum absolute atomic E-state index is 14.8. The first-order chi connectivity index (χ1) is 13.4. The number of aromatic hydroxyl groups is 1. The molecule has 0 saturated carbocycles. The molecule has 0 saturated heterocycles. The third kappa shape index (κ3) is 3.14. The van der Waals surface area contributed by atoms with Gasteiger partial charge < -0.3 is 10.4 Å². The Hall–Kier alpha value is -2.19. The molecule has 0 atom stereocenters. The van der Waals surface area contributed by atoms with Gasteiger partial charge in [-0.3, -0.25) is 0 Å². The van der Waals surface area contributed by atoms with Crippen LogP contribution in [0.5, 0.6) is 5.75 Å². The van der Waals surface area contributed by atoms with Crippen LogP contribution in [0.2, 0.25) is 0 Å². The van der Waals surface area contributed by atoms with Crippen molar-refractivity contribution in [1.29, 1.82) is 0 Å². The molecule has 0 aliphatic heterocycles. The molecule has 1 aromatic heterocycles. The molecule has 2 nitrogen and oxygen atoms in total. The lowest BCUT2D eigenvalue weighted by Gasteiger charge is -2.09. The summed E-state index contributed by atoms with van der Waals surface area (Å²) in [5.74, 6) is -0.954. The van der Waals surface area contributed by atoms with Crippen LogP contribution in [0.3, 0.4) is 0 Å². The molecule has 28 heavy (non-hydrogen) atoms. The fourth-order valence-corrected chi connectivity index (χ4v) is 4.93. The van der Waals surface area contributed by atoms with Crippen LogP contribution in [0.15, 0.2) is 48.5 Å². The summed E-state index contributed by atoms with van der Waals surface area (Å²) in [4.78, 5) is 0.378. The minimum atomic E-state index is -0.498. The number of anilines is 1. The lowest BCUT2D eigenvalue weighted by molar-refractivity contribution is 0.481. The quantitative estimate of drug-likeness (QED) is 0.288. The summed E-state index contributed by atoms with van der Waals surface area (Å²) >= 11 is 3.50. The highest BCUT2D eigenvalue weighted by Gasteiger charge is 2.24. The highest BCUT2D eigenvalue weighted by Crippen LogP contribution is 2.52. The van der Waals surface area contributed by atoms with Gasteiger partial charge in [-0.2, -0.15) is 0 Å². The summed E-state index contributed by atoms with van der Waals surface area (Å²) < 4.78 is 29.8. The molecule has 0 spiro atoms. The number of fused-ring (bicyclic) bond motifs is 1. The molecule has 4 aromatic rings. The first-order valence-corrected chi connectivity index (χ1v) is 10.5. The molecule has 0 radical (unpaired) electrons. The Labute approximate surface area is 179 Å². The number of thiophene rings is 1. The molecule has 4 rings (SSSR count). The van der Waals surface area contributed by atoms with E-state index in [1.807, 2.05) is 25.1 Å². The van der Waals surface area contributed by atoms with Gasteiger partial charge in [0.1, 0.15) is 22.4 Å². The topological polar surface area (TPSA) is 32.3 Å². The van der Waals surface area contributed by atoms with E-state index >= 15 is 0 Å². The smallest absolute Gasteiger partial charge is 0.144 e. The number of nitrogens with one attached hydrogen (secondary N) is 1. The van der Waals surface area contributed by atoms with Crippen LogP contribution in [-0.4, -0.2) is 12.2 Å². The molecule has 3 aromatic carbocycles. The standard InChI is InChI=1S/C22H16F2INOS/c1-11-3-4-13(9-17(11)25)18-20(27)21(28-22(18)26-2)19-15-10-14(23)7-5-12(15)6-8-16(19)24/h3-10,26-27H,1-2H3. The van der Waals surface area contributed by atoms with Gasteiger partial charge >= 0.3 is 0 Å². The summed E-state index contributed by atoms with van der Waals surface area (Å²) in [7, 11) is 1.76. The van der Waals surface area contributed by atoms with E-state index in [9.17, 15) is 13.9 Å². The average Bonchev–Trinajstić information content (AvgIpc) is 3.00. The van der Waals surface area contributed by atoms with Crippen LogP contribution in [0.4, 0.5) is 13.8 Å². The van der Waals surface area contributed by atoms with E-state index in [1.165, 1.54) is 29.5 Å². The molecular formula is C22H16F2INOS. The van der Waals surface area contributed by atoms with E-state index in [0.29, 0.717) is 21.2 Å². The van der Waals surface area contributed by atoms with Crippen molar-refractivity contribution in [3.63, 3.8) is 0 Å². The number of hydrogen-bond acceptors (Lipinski definition) is 3. The zero-order chi connectivity index (χ0) is 20.0. The predicted molar refractivity (Wildman–Crippen MR) is 121 cm³/mol. The van der Waals surface area contributed by atoms with Crippen molar-refractivity contribution >= 4 is 49.7 Å². The number of aryl methyl sites for hydroxylation is 1. The largest absolute Gasteiger partial charge is 0.506 e. The van der Waals surface area contributed by atoms with Gasteiger partial charge in [0.05, 0.1) is 10.4 Å². The van der Waals surface area contributed by atoms with Gasteiger partial charge in [-0.25, -0.2) is 8.78 Å². The van der Waals surface area contributed by atoms with Gasteiger partial charge in [0.25, 0.3) is 0 Å². The van der Waals surface area contributed by atoms with Crippen LogP contribution < -0.4 is 5.32 Å². The lowest BCUT2D eigenvalue weighted by Crippen LogP contribution is -1.89. The molecule has 2 N–H and O–H groups in total. The monoisotopic (exact) mass is 507 g/mol. The molecule has 142 valence electrons. The Bertz CT molecular complexity index is 1210. The fraction of sp³-hybridized carbons (Fsp3) is 0.0909. The average molecular weight is 507 g/mol. The van der Waals surface area contributed by atoms with Crippen LogP contribution >= 0.6 is 33.9 Å². The SMILES string of the molecule is CNc1sc(-c2c(F)ccc3ccc(F)cc23)c(O)c1-c1ccc(C)c(I)c1. The second-order valence-electron chi connectivity index (χ2n) is 6.49. The number of hydrogen-bond donors (Lipinski definition) is 2. The minimum Gasteiger partial charge on any atom is -0.506 e. The third-order valence-electron chi connectivity index (χ3n) is 4.73. The second kappa shape index (κ2) is 7.33. The number of benzene rings is 3. The van der Waals surface area contributed by atoms with Crippen molar-refractivity contribution in [1.82, 2.24) is 0 Å². The Morgan fingerprint density at radius 2 is 1.75 bits per heavy atom. The summed E-state index contributed by atoms with van der Waals surface area (Å²) in [6.07, 6.45) is 0. The van der Waals surface area contributed by atoms with E-state index < -0.39 is 11.6 Å². The highest BCUT2D eigenvalue weighted by atomic mass is 127. The van der Waals surface area contributed by atoms with Crippen molar-refractivity contribution in [3.8, 4) is 27.3 Å². The van der Waals surface area contributed by atoms with Crippen molar-refractivity contribution in [2.24, 2.45) is 0 Å². The van der Waals surface area contributed by atoms with Crippen molar-refractivity contribution in [3.05, 3.63) is 69.3 Å². The highest BCUT2D eigenvalue weighted by molar-refractivity contribution is 14.1. The van der Waals surface area contributed by atoms with E-state index in [1.54, 1.807) is 19.2 Å². The van der Waals surface area contributed by atoms with E-state index in [0.717, 1.165) is 19.7 Å². The molecular weight excluding hydrogens is 491 g/mol. The van der Waals surface area contributed by atoms with Gasteiger partial charge in [0, 0.05) is 16.2 Å². The molecule has 1 heterocycles. The zero-order valence-electron chi connectivity index (χ0n) is 15.1. The van der Waals surface area contributed by atoms with Gasteiger partial charge in [-0.05, 0) is 75.7 Å². The van der Waals surface area contributed by atoms with Crippen molar-refractivity contribution in [2.75, 3.05) is 12.4 Å². The number of rotatable bonds is 3. The van der Waals surface area contributed by atoms with Crippen LogP contribution in [-0.2, 0) is 0 Å². The minimum absolute atomic E-state index is 0.00957. The Kier molecular flexibility index (Phi) is 5.01. The summed E-state index contributed by atoms with van der Waals surface area (Å²) in [5, 5.41) is 16.0. The zero-order valence-corrected chi connectivity index (χ0v) is 18.1. The van der Waals surface area contributed by atoms with E-state index in [2.05, 4.69) is 27.9 Å². The normalized spacial score (nSPS) is 11.2. The summed E-state index contributed by atoms with van der Waals surface area (Å²) in [6.45, 7) is 2.02. The maximum Gasteiger partial charge on any atom is 0.144 e. The molecule has 0 amide bonds. The van der Waals surface area contributed by atoms with Crippen molar-refractivity contribution in [2.45, 2.75) is 6.92 Å². The lowest BCUT2D eigenvalue weighted by atomic mass is 9.99. The van der Waals surface area contributed by atoms with Crippen LogP contribution in [0.25, 0.3) is 32.3 Å². The molecule has 0 bridgehead atoms. The fourth-order valence-electron chi connectivity index (χ4n) is 3.28. The Morgan fingerprint density at radius 3 is 2.46 bits per heavy atom. The van der Waals surface area contributed by atoms with Gasteiger partial charge in [0.15, 0.2) is 0 Å². The van der Waals surface area contributed by atoms with Gasteiger partial charge in [-0.1, -0.05) is 24.3 Å². The third-order valence-corrected chi connectivity index (χ3v) is 7.11. The van der Waals surface area contributed by atoms with Crippen LogP contribution in [0.1, 0.15) is 5.56 Å². The molecule has 6 heteroatoms. The molecule has 0 aliphatic rings. The molecule has 0 fully saturated rings. The van der Waals surface area contributed by atoms with Gasteiger partial charge in [0.2, 0.25) is 0 Å². The second-order valence-corrected chi connectivity index (χ2v) is 8.67. The number of halogens is 3. The van der Waals surface area contributed by atoms with Gasteiger partial charge in [-0.15, -0.1) is 11.3 Å². The van der Waals surface area contributed by atoms with Crippen LogP contribution in [0, 0.1) is 22.1 Å². The van der Waals surface area contributed by atoms with E-state index in [4.69, 9.17) is 0 Å². The van der Waals surface area contributed by atoms with Crippen molar-refractivity contribution < 1.29 is 13.9 Å². The molecule has 0 aliphatic carbocycles. The maximum atomic E-state index is 14.8. The Balaban J connectivity index is 2.02. The predicted octanol–water partition coefficient (Wildman–Crippen LogP) is 7.17. The molecule has 0 unspecified atom stereocenters. The Morgan fingerprint density at radius 1 is 1.00 bits per heavy atom.